The zero-order valence-electron chi connectivity index (χ0n) is 15.1. The van der Waals surface area contributed by atoms with Gasteiger partial charge in [0.2, 0.25) is 0 Å². The summed E-state index contributed by atoms with van der Waals surface area (Å²) in [5.74, 6) is 0. The molecule has 2 amide bonds. The predicted molar refractivity (Wildman–Crippen MR) is 103 cm³/mol. The summed E-state index contributed by atoms with van der Waals surface area (Å²) in [5.41, 5.74) is 2.48. The minimum atomic E-state index is -0.491. The average Bonchev–Trinajstić information content (AvgIpc) is 2.69. The van der Waals surface area contributed by atoms with E-state index in [2.05, 4.69) is 10.2 Å². The van der Waals surface area contributed by atoms with Crippen LogP contribution in [-0.2, 0) is 11.3 Å². The molecule has 1 fully saturated rings. The molecule has 27 heavy (non-hydrogen) atoms. The summed E-state index contributed by atoms with van der Waals surface area (Å²) < 4.78 is 5.36. The number of rotatable bonds is 5. The van der Waals surface area contributed by atoms with Crippen molar-refractivity contribution in [3.8, 4) is 0 Å². The maximum Gasteiger partial charge on any atom is 0.321 e. The quantitative estimate of drug-likeness (QED) is 0.645. The van der Waals surface area contributed by atoms with Gasteiger partial charge in [-0.2, -0.15) is 0 Å². The SMILES string of the molecule is CN(Cc1ccc(N2CCOCC2)cc1)C(=O)Nc1cccc([N+](=O)[O-])c1. The largest absolute Gasteiger partial charge is 0.378 e. The first-order chi connectivity index (χ1) is 13.0. The van der Waals surface area contributed by atoms with Gasteiger partial charge < -0.3 is 19.9 Å². The van der Waals surface area contributed by atoms with Crippen LogP contribution in [0.25, 0.3) is 0 Å². The van der Waals surface area contributed by atoms with Crippen molar-refractivity contribution < 1.29 is 14.5 Å². The lowest BCUT2D eigenvalue weighted by Gasteiger charge is -2.29. The first-order valence-electron chi connectivity index (χ1n) is 8.71. The highest BCUT2D eigenvalue weighted by molar-refractivity contribution is 5.89. The van der Waals surface area contributed by atoms with Crippen molar-refractivity contribution in [2.45, 2.75) is 6.54 Å². The van der Waals surface area contributed by atoms with Gasteiger partial charge in [-0.1, -0.05) is 18.2 Å². The molecule has 1 aliphatic rings. The molecule has 2 aromatic rings. The van der Waals surface area contributed by atoms with Crippen molar-refractivity contribution in [3.05, 3.63) is 64.2 Å². The summed E-state index contributed by atoms with van der Waals surface area (Å²) in [5, 5.41) is 13.5. The van der Waals surface area contributed by atoms with E-state index in [4.69, 9.17) is 4.74 Å². The van der Waals surface area contributed by atoms with Crippen molar-refractivity contribution in [1.29, 1.82) is 0 Å². The maximum atomic E-state index is 12.3. The summed E-state index contributed by atoms with van der Waals surface area (Å²) in [6.45, 7) is 3.67. The molecule has 3 rings (SSSR count). The lowest BCUT2D eigenvalue weighted by atomic mass is 10.2. The van der Waals surface area contributed by atoms with Gasteiger partial charge in [0.1, 0.15) is 0 Å². The van der Waals surface area contributed by atoms with E-state index in [0.29, 0.717) is 12.2 Å². The molecule has 8 heteroatoms. The van der Waals surface area contributed by atoms with Crippen LogP contribution < -0.4 is 10.2 Å². The van der Waals surface area contributed by atoms with E-state index in [1.54, 1.807) is 13.1 Å². The summed E-state index contributed by atoms with van der Waals surface area (Å²) in [7, 11) is 1.68. The van der Waals surface area contributed by atoms with Gasteiger partial charge in [-0.3, -0.25) is 10.1 Å². The van der Waals surface area contributed by atoms with Gasteiger partial charge in [-0.05, 0) is 23.8 Å². The average molecular weight is 370 g/mol. The van der Waals surface area contributed by atoms with Gasteiger partial charge in [0.15, 0.2) is 0 Å². The second-order valence-corrected chi connectivity index (χ2v) is 6.36. The Kier molecular flexibility index (Phi) is 5.87. The standard InChI is InChI=1S/C19H22N4O4/c1-21(19(24)20-16-3-2-4-18(13-16)23(25)26)14-15-5-7-17(8-6-15)22-9-11-27-12-10-22/h2-8,13H,9-12,14H2,1H3,(H,20,24). The van der Waals surface area contributed by atoms with Crippen LogP contribution in [0.5, 0.6) is 0 Å². The number of benzene rings is 2. The third-order valence-corrected chi connectivity index (χ3v) is 4.39. The van der Waals surface area contributed by atoms with Crippen LogP contribution in [0.4, 0.5) is 21.9 Å². The molecule has 0 radical (unpaired) electrons. The zero-order chi connectivity index (χ0) is 19.2. The summed E-state index contributed by atoms with van der Waals surface area (Å²) in [4.78, 5) is 26.5. The molecule has 142 valence electrons. The van der Waals surface area contributed by atoms with Crippen molar-refractivity contribution in [2.24, 2.45) is 0 Å². The fourth-order valence-corrected chi connectivity index (χ4v) is 2.90. The normalized spacial score (nSPS) is 13.9. The number of hydrogen-bond donors (Lipinski definition) is 1. The lowest BCUT2D eigenvalue weighted by Crippen LogP contribution is -2.36. The molecule has 0 aliphatic carbocycles. The molecule has 2 aromatic carbocycles. The minimum Gasteiger partial charge on any atom is -0.378 e. The maximum absolute atomic E-state index is 12.3. The number of morpholine rings is 1. The third kappa shape index (κ3) is 4.95. The number of non-ortho nitro benzene ring substituents is 1. The number of ether oxygens (including phenoxy) is 1. The van der Waals surface area contributed by atoms with Crippen LogP contribution in [0, 0.1) is 10.1 Å². The van der Waals surface area contributed by atoms with Crippen LogP contribution >= 0.6 is 0 Å². The second kappa shape index (κ2) is 8.50. The van der Waals surface area contributed by atoms with Crippen molar-refractivity contribution >= 4 is 23.1 Å². The number of nitrogens with one attached hydrogen (secondary N) is 1. The first-order valence-corrected chi connectivity index (χ1v) is 8.71. The molecule has 1 saturated heterocycles. The molecule has 0 spiro atoms. The van der Waals surface area contributed by atoms with Crippen molar-refractivity contribution in [2.75, 3.05) is 43.6 Å². The molecular formula is C19H22N4O4. The zero-order valence-corrected chi connectivity index (χ0v) is 15.1. The highest BCUT2D eigenvalue weighted by Gasteiger charge is 2.13. The van der Waals surface area contributed by atoms with Crippen LogP contribution in [0.2, 0.25) is 0 Å². The van der Waals surface area contributed by atoms with Gasteiger partial charge in [0.05, 0.1) is 18.1 Å². The smallest absolute Gasteiger partial charge is 0.321 e. The molecule has 0 bridgehead atoms. The Hall–Kier alpha value is -3.13. The van der Waals surface area contributed by atoms with E-state index in [-0.39, 0.29) is 11.7 Å². The monoisotopic (exact) mass is 370 g/mol. The van der Waals surface area contributed by atoms with Crippen LogP contribution in [0.15, 0.2) is 48.5 Å². The Labute approximate surface area is 157 Å². The second-order valence-electron chi connectivity index (χ2n) is 6.36. The van der Waals surface area contributed by atoms with Gasteiger partial charge >= 0.3 is 6.03 Å². The minimum absolute atomic E-state index is 0.0610. The number of carbonyl (C=O) groups excluding carboxylic acids is 1. The molecule has 0 saturated carbocycles. The number of nitro groups is 1. The third-order valence-electron chi connectivity index (χ3n) is 4.39. The van der Waals surface area contributed by atoms with Crippen LogP contribution in [-0.4, -0.2) is 49.2 Å². The number of nitro benzene ring substituents is 1. The van der Waals surface area contributed by atoms with E-state index < -0.39 is 4.92 Å². The summed E-state index contributed by atoms with van der Waals surface area (Å²) in [6.07, 6.45) is 0. The van der Waals surface area contributed by atoms with Crippen molar-refractivity contribution in [3.63, 3.8) is 0 Å². The molecular weight excluding hydrogens is 348 g/mol. The van der Waals surface area contributed by atoms with E-state index >= 15 is 0 Å². The number of urea groups is 1. The molecule has 1 aliphatic heterocycles. The first kappa shape index (κ1) is 18.7. The van der Waals surface area contributed by atoms with Crippen molar-refractivity contribution in [1.82, 2.24) is 4.90 Å². The number of anilines is 2. The lowest BCUT2D eigenvalue weighted by molar-refractivity contribution is -0.384. The Morgan fingerprint density at radius 3 is 2.59 bits per heavy atom. The number of nitrogens with zero attached hydrogens (tertiary/aromatic N) is 3. The fraction of sp³-hybridized carbons (Fsp3) is 0.316. The highest BCUT2D eigenvalue weighted by Crippen LogP contribution is 2.19. The van der Waals surface area contributed by atoms with E-state index in [0.717, 1.165) is 37.6 Å². The topological polar surface area (TPSA) is 88.0 Å². The fourth-order valence-electron chi connectivity index (χ4n) is 2.90. The Balaban J connectivity index is 1.57. The van der Waals surface area contributed by atoms with Gasteiger partial charge in [-0.25, -0.2) is 4.79 Å². The van der Waals surface area contributed by atoms with Gasteiger partial charge in [-0.15, -0.1) is 0 Å². The van der Waals surface area contributed by atoms with E-state index in [1.165, 1.54) is 23.1 Å². The molecule has 0 unspecified atom stereocenters. The molecule has 1 N–H and O–H groups in total. The molecule has 0 aromatic heterocycles. The molecule has 8 nitrogen and oxygen atoms in total. The van der Waals surface area contributed by atoms with Crippen LogP contribution in [0.1, 0.15) is 5.56 Å². The molecule has 1 heterocycles. The summed E-state index contributed by atoms with van der Waals surface area (Å²) >= 11 is 0. The molecule has 0 atom stereocenters. The van der Waals surface area contributed by atoms with E-state index in [1.807, 2.05) is 24.3 Å². The van der Waals surface area contributed by atoms with Gasteiger partial charge in [0, 0.05) is 50.2 Å². The van der Waals surface area contributed by atoms with E-state index in [9.17, 15) is 14.9 Å². The predicted octanol–water partition coefficient (Wildman–Crippen LogP) is 3.10. The summed E-state index contributed by atoms with van der Waals surface area (Å²) in [6, 6.07) is 13.7. The Morgan fingerprint density at radius 2 is 1.93 bits per heavy atom. The van der Waals surface area contributed by atoms with Crippen LogP contribution in [0.3, 0.4) is 0 Å². The highest BCUT2D eigenvalue weighted by atomic mass is 16.6. The number of hydrogen-bond acceptors (Lipinski definition) is 5. The van der Waals surface area contributed by atoms with Gasteiger partial charge in [0.25, 0.3) is 5.69 Å². The Bertz CT molecular complexity index is 804. The Morgan fingerprint density at radius 1 is 1.22 bits per heavy atom. The number of carbonyl (C=O) groups is 1. The number of amides is 2.